The second-order valence-electron chi connectivity index (χ2n) is 2.34. The second kappa shape index (κ2) is 2.66. The van der Waals surface area contributed by atoms with Crippen LogP contribution in [0.15, 0.2) is 18.2 Å². The number of rotatable bonds is 0. The van der Waals surface area contributed by atoms with E-state index in [1.807, 2.05) is 0 Å². The Kier molecular flexibility index (Phi) is 1.95. The van der Waals surface area contributed by atoms with Gasteiger partial charge in [0.2, 0.25) is 0 Å². The molecule has 1 aromatic rings. The third kappa shape index (κ3) is 1.49. The summed E-state index contributed by atoms with van der Waals surface area (Å²) < 4.78 is 35.9. The average molecular weight is 177 g/mol. The van der Waals surface area contributed by atoms with Gasteiger partial charge in [-0.3, -0.25) is 0 Å². The molecule has 0 fully saturated rings. The SMILES string of the molecule is Cc1cccc(C(F)(F)F)[n+]1[O-]. The summed E-state index contributed by atoms with van der Waals surface area (Å²) in [5.41, 5.74) is -1.15. The van der Waals surface area contributed by atoms with Crippen molar-refractivity contribution in [2.75, 3.05) is 0 Å². The van der Waals surface area contributed by atoms with E-state index in [1.54, 1.807) is 0 Å². The summed E-state index contributed by atoms with van der Waals surface area (Å²) in [7, 11) is 0. The van der Waals surface area contributed by atoms with Gasteiger partial charge in [0.1, 0.15) is 0 Å². The minimum Gasteiger partial charge on any atom is -0.618 e. The van der Waals surface area contributed by atoms with Gasteiger partial charge in [-0.25, -0.2) is 0 Å². The van der Waals surface area contributed by atoms with Gasteiger partial charge in [-0.15, -0.1) is 0 Å². The monoisotopic (exact) mass is 177 g/mol. The fourth-order valence-electron chi connectivity index (χ4n) is 0.814. The standard InChI is InChI=1S/C7H6F3NO/c1-5-3-2-4-6(11(5)12)7(8,9)10/h2-4H,1H3. The highest BCUT2D eigenvalue weighted by atomic mass is 19.4. The first-order valence-corrected chi connectivity index (χ1v) is 3.19. The van der Waals surface area contributed by atoms with Crippen molar-refractivity contribution in [3.05, 3.63) is 34.8 Å². The van der Waals surface area contributed by atoms with Gasteiger partial charge in [-0.2, -0.15) is 17.9 Å². The summed E-state index contributed by atoms with van der Waals surface area (Å²) in [5.74, 6) is 0. The first-order chi connectivity index (χ1) is 5.43. The van der Waals surface area contributed by atoms with E-state index in [4.69, 9.17) is 0 Å². The molecular formula is C7H6F3NO. The lowest BCUT2D eigenvalue weighted by Crippen LogP contribution is -2.39. The van der Waals surface area contributed by atoms with Crippen molar-refractivity contribution in [2.24, 2.45) is 0 Å². The summed E-state index contributed by atoms with van der Waals surface area (Å²) in [6.07, 6.45) is -4.58. The van der Waals surface area contributed by atoms with Gasteiger partial charge < -0.3 is 5.21 Å². The molecule has 1 heterocycles. The molecule has 0 amide bonds. The first-order valence-electron chi connectivity index (χ1n) is 3.19. The highest BCUT2D eigenvalue weighted by Gasteiger charge is 2.39. The molecule has 0 spiro atoms. The normalized spacial score (nSPS) is 11.7. The average Bonchev–Trinajstić information content (AvgIpc) is 1.92. The van der Waals surface area contributed by atoms with Crippen molar-refractivity contribution in [3.63, 3.8) is 0 Å². The van der Waals surface area contributed by atoms with E-state index in [0.29, 0.717) is 0 Å². The molecular weight excluding hydrogens is 171 g/mol. The third-order valence-electron chi connectivity index (χ3n) is 1.42. The number of aromatic nitrogens is 1. The van der Waals surface area contributed by atoms with Crippen molar-refractivity contribution in [3.8, 4) is 0 Å². The number of nitrogens with zero attached hydrogens (tertiary/aromatic N) is 1. The Morgan fingerprint density at radius 3 is 2.33 bits per heavy atom. The van der Waals surface area contributed by atoms with Gasteiger partial charge in [0, 0.05) is 19.1 Å². The van der Waals surface area contributed by atoms with E-state index in [0.717, 1.165) is 6.07 Å². The van der Waals surface area contributed by atoms with Gasteiger partial charge in [-0.05, 0) is 6.07 Å². The topological polar surface area (TPSA) is 26.9 Å². The molecule has 2 nitrogen and oxygen atoms in total. The van der Waals surface area contributed by atoms with E-state index < -0.39 is 11.9 Å². The number of hydrogen-bond acceptors (Lipinski definition) is 1. The number of halogens is 3. The molecule has 0 bridgehead atoms. The second-order valence-corrected chi connectivity index (χ2v) is 2.34. The predicted octanol–water partition coefficient (Wildman–Crippen LogP) is 1.65. The summed E-state index contributed by atoms with van der Waals surface area (Å²) in [4.78, 5) is 0. The fourth-order valence-corrected chi connectivity index (χ4v) is 0.814. The zero-order valence-corrected chi connectivity index (χ0v) is 6.22. The Morgan fingerprint density at radius 1 is 1.33 bits per heavy atom. The summed E-state index contributed by atoms with van der Waals surface area (Å²) in [6, 6.07) is 3.27. The van der Waals surface area contributed by atoms with Crippen molar-refractivity contribution in [1.82, 2.24) is 0 Å². The van der Waals surface area contributed by atoms with Crippen LogP contribution in [-0.4, -0.2) is 0 Å². The Morgan fingerprint density at radius 2 is 1.92 bits per heavy atom. The van der Waals surface area contributed by atoms with Crippen LogP contribution in [0.2, 0.25) is 0 Å². The molecule has 0 aromatic carbocycles. The molecule has 5 heteroatoms. The van der Waals surface area contributed by atoms with Crippen LogP contribution in [0.4, 0.5) is 13.2 Å². The van der Waals surface area contributed by atoms with E-state index >= 15 is 0 Å². The maximum Gasteiger partial charge on any atom is 0.478 e. The van der Waals surface area contributed by atoms with Crippen LogP contribution in [0.3, 0.4) is 0 Å². The third-order valence-corrected chi connectivity index (χ3v) is 1.42. The lowest BCUT2D eigenvalue weighted by atomic mass is 10.3. The molecule has 0 N–H and O–H groups in total. The highest BCUT2D eigenvalue weighted by Crippen LogP contribution is 2.26. The van der Waals surface area contributed by atoms with Crippen LogP contribution in [0.25, 0.3) is 0 Å². The molecule has 0 aliphatic rings. The van der Waals surface area contributed by atoms with Crippen molar-refractivity contribution in [1.29, 1.82) is 0 Å². The molecule has 0 saturated heterocycles. The van der Waals surface area contributed by atoms with Crippen LogP contribution in [0.1, 0.15) is 11.4 Å². The smallest absolute Gasteiger partial charge is 0.478 e. The van der Waals surface area contributed by atoms with Crippen LogP contribution >= 0.6 is 0 Å². The van der Waals surface area contributed by atoms with Crippen LogP contribution < -0.4 is 4.73 Å². The van der Waals surface area contributed by atoms with Crippen LogP contribution in [0.5, 0.6) is 0 Å². The molecule has 12 heavy (non-hydrogen) atoms. The molecule has 0 saturated carbocycles. The molecule has 1 aromatic heterocycles. The molecule has 0 unspecified atom stereocenters. The summed E-state index contributed by atoms with van der Waals surface area (Å²) in [6.45, 7) is 1.32. The Bertz CT molecular complexity index is 295. The maximum atomic E-state index is 12.0. The van der Waals surface area contributed by atoms with Crippen LogP contribution in [-0.2, 0) is 6.18 Å². The number of pyridine rings is 1. The van der Waals surface area contributed by atoms with Gasteiger partial charge in [0.25, 0.3) is 5.69 Å². The van der Waals surface area contributed by atoms with E-state index in [1.165, 1.54) is 19.1 Å². The minimum atomic E-state index is -4.58. The molecule has 0 aliphatic carbocycles. The predicted molar refractivity (Wildman–Crippen MR) is 35.1 cm³/mol. The van der Waals surface area contributed by atoms with Gasteiger partial charge in [0.05, 0.1) is 0 Å². The van der Waals surface area contributed by atoms with E-state index in [9.17, 15) is 18.4 Å². The molecule has 0 atom stereocenters. The van der Waals surface area contributed by atoms with Crippen LogP contribution in [0, 0.1) is 12.1 Å². The maximum absolute atomic E-state index is 12.0. The quantitative estimate of drug-likeness (QED) is 0.437. The zero-order valence-electron chi connectivity index (χ0n) is 6.22. The lowest BCUT2D eigenvalue weighted by molar-refractivity contribution is -0.635. The fraction of sp³-hybridized carbons (Fsp3) is 0.286. The molecule has 1 rings (SSSR count). The largest absolute Gasteiger partial charge is 0.618 e. The van der Waals surface area contributed by atoms with Gasteiger partial charge >= 0.3 is 6.18 Å². The Labute approximate surface area is 66.8 Å². The van der Waals surface area contributed by atoms with E-state index in [-0.39, 0.29) is 10.4 Å². The molecule has 0 aliphatic heterocycles. The Balaban J connectivity index is 3.26. The number of hydrogen-bond donors (Lipinski definition) is 0. The zero-order chi connectivity index (χ0) is 9.35. The molecule has 66 valence electrons. The molecule has 0 radical (unpaired) electrons. The summed E-state index contributed by atoms with van der Waals surface area (Å²) in [5, 5.41) is 10.8. The van der Waals surface area contributed by atoms with E-state index in [2.05, 4.69) is 0 Å². The van der Waals surface area contributed by atoms with Gasteiger partial charge in [-0.1, -0.05) is 0 Å². The first kappa shape index (κ1) is 8.83. The lowest BCUT2D eigenvalue weighted by Gasteiger charge is -2.08. The van der Waals surface area contributed by atoms with Crippen molar-refractivity contribution in [2.45, 2.75) is 13.1 Å². The minimum absolute atomic E-state index is 0.0322. The number of alkyl halides is 3. The summed E-state index contributed by atoms with van der Waals surface area (Å²) >= 11 is 0. The number of aryl methyl sites for hydroxylation is 1. The Hall–Kier alpha value is -1.26. The van der Waals surface area contributed by atoms with Crippen molar-refractivity contribution < 1.29 is 17.9 Å². The van der Waals surface area contributed by atoms with Gasteiger partial charge in [0.15, 0.2) is 5.69 Å². The highest BCUT2D eigenvalue weighted by molar-refractivity contribution is 5.05. The van der Waals surface area contributed by atoms with Crippen molar-refractivity contribution >= 4 is 0 Å².